The Balaban J connectivity index is 1.29. The van der Waals surface area contributed by atoms with Crippen LogP contribution in [0.1, 0.15) is 55.4 Å². The van der Waals surface area contributed by atoms with Crippen LogP contribution in [0.4, 0.5) is 11.4 Å². The predicted molar refractivity (Wildman–Crippen MR) is 233 cm³/mol. The summed E-state index contributed by atoms with van der Waals surface area (Å²) in [5, 5.41) is 6.24. The van der Waals surface area contributed by atoms with Gasteiger partial charge in [0.25, 0.3) is 0 Å². The standard InChI is InChI=1S/C50H44N4O4/c1-47(2)43(55)53(44(56)48(47,3)4)36-23-15-13-21-34(36)51-32-19-11-9-17-30(32)41-38(51)27-25-29-26-28-39-42(40(29)41)31-18-10-12-20-33(31)52(39)35-22-14-16-24-37(35)54-45(57)49(5,6)50(7,8)46(54)58/h9-28H,1-8H3. The minimum absolute atomic E-state index is 0.222. The second-order valence-corrected chi connectivity index (χ2v) is 18.1. The Bertz CT molecular complexity index is 2910. The summed E-state index contributed by atoms with van der Waals surface area (Å²) in [6.07, 6.45) is 0. The molecule has 2 aromatic heterocycles. The van der Waals surface area contributed by atoms with Crippen molar-refractivity contribution in [3.63, 3.8) is 0 Å². The van der Waals surface area contributed by atoms with Crippen LogP contribution < -0.4 is 9.80 Å². The summed E-state index contributed by atoms with van der Waals surface area (Å²) < 4.78 is 4.36. The highest BCUT2D eigenvalue weighted by Crippen LogP contribution is 2.52. The normalized spacial score (nSPS) is 18.6. The summed E-state index contributed by atoms with van der Waals surface area (Å²) in [4.78, 5) is 59.3. The van der Waals surface area contributed by atoms with Gasteiger partial charge in [-0.15, -0.1) is 0 Å². The molecule has 8 aromatic rings. The van der Waals surface area contributed by atoms with Gasteiger partial charge in [-0.3, -0.25) is 19.2 Å². The molecule has 10 rings (SSSR count). The van der Waals surface area contributed by atoms with Crippen molar-refractivity contribution in [2.24, 2.45) is 21.7 Å². The monoisotopic (exact) mass is 764 g/mol. The van der Waals surface area contributed by atoms with E-state index in [4.69, 9.17) is 0 Å². The number of hydrogen-bond donors (Lipinski definition) is 0. The number of carbonyl (C=O) groups excluding carboxylic acids is 4. The van der Waals surface area contributed by atoms with Crippen molar-refractivity contribution in [2.45, 2.75) is 55.4 Å². The van der Waals surface area contributed by atoms with E-state index in [1.165, 1.54) is 9.80 Å². The third kappa shape index (κ3) is 4.24. The first-order valence-electron chi connectivity index (χ1n) is 19.9. The lowest BCUT2D eigenvalue weighted by Crippen LogP contribution is -2.35. The number of benzene rings is 6. The van der Waals surface area contributed by atoms with Crippen LogP contribution in [0.5, 0.6) is 0 Å². The average Bonchev–Trinajstić information content (AvgIpc) is 3.80. The predicted octanol–water partition coefficient (Wildman–Crippen LogP) is 10.9. The van der Waals surface area contributed by atoms with Gasteiger partial charge in [-0.1, -0.05) is 72.8 Å². The van der Waals surface area contributed by atoms with Gasteiger partial charge < -0.3 is 9.13 Å². The number of nitrogens with zero attached hydrogens (tertiary/aromatic N) is 4. The van der Waals surface area contributed by atoms with Gasteiger partial charge in [0.1, 0.15) is 0 Å². The Labute approximate surface area is 336 Å². The molecular formula is C50H44N4O4. The van der Waals surface area contributed by atoms with Crippen molar-refractivity contribution in [2.75, 3.05) is 9.80 Å². The van der Waals surface area contributed by atoms with Crippen LogP contribution in [0.25, 0.3) is 65.8 Å². The van der Waals surface area contributed by atoms with Gasteiger partial charge in [0, 0.05) is 26.9 Å². The smallest absolute Gasteiger partial charge is 0.240 e. The molecular weight excluding hydrogens is 721 g/mol. The van der Waals surface area contributed by atoms with Crippen LogP contribution in [0.2, 0.25) is 0 Å². The maximum Gasteiger partial charge on any atom is 0.240 e. The summed E-state index contributed by atoms with van der Waals surface area (Å²) in [6, 6.07) is 40.5. The molecule has 0 spiro atoms. The lowest BCUT2D eigenvalue weighted by atomic mass is 9.70. The molecule has 2 aliphatic heterocycles. The van der Waals surface area contributed by atoms with Gasteiger partial charge in [-0.25, -0.2) is 9.80 Å². The number of hydrogen-bond acceptors (Lipinski definition) is 4. The molecule has 0 atom stereocenters. The Morgan fingerprint density at radius 1 is 0.328 bits per heavy atom. The first kappa shape index (κ1) is 35.8. The molecule has 4 heterocycles. The Morgan fingerprint density at radius 3 is 1.00 bits per heavy atom. The van der Waals surface area contributed by atoms with E-state index in [1.807, 2.05) is 128 Å². The molecule has 0 N–H and O–H groups in total. The maximum atomic E-state index is 14.1. The molecule has 0 saturated carbocycles. The van der Waals surface area contributed by atoms with E-state index in [1.54, 1.807) is 0 Å². The van der Waals surface area contributed by atoms with Crippen molar-refractivity contribution in [3.05, 3.63) is 121 Å². The molecule has 6 aromatic carbocycles. The molecule has 58 heavy (non-hydrogen) atoms. The molecule has 288 valence electrons. The Morgan fingerprint density at radius 2 is 0.638 bits per heavy atom. The third-order valence-electron chi connectivity index (χ3n) is 14.3. The fourth-order valence-electron chi connectivity index (χ4n) is 9.35. The van der Waals surface area contributed by atoms with Crippen molar-refractivity contribution in [1.29, 1.82) is 0 Å². The molecule has 0 bridgehead atoms. The van der Waals surface area contributed by atoms with Crippen LogP contribution >= 0.6 is 0 Å². The summed E-state index contributed by atoms with van der Waals surface area (Å²) in [7, 11) is 0. The second-order valence-electron chi connectivity index (χ2n) is 18.1. The number of amides is 4. The molecule has 8 heteroatoms. The van der Waals surface area contributed by atoms with E-state index in [0.717, 1.165) is 65.8 Å². The molecule has 0 unspecified atom stereocenters. The van der Waals surface area contributed by atoms with Gasteiger partial charge >= 0.3 is 0 Å². The van der Waals surface area contributed by atoms with E-state index in [2.05, 4.69) is 57.7 Å². The van der Waals surface area contributed by atoms with Crippen LogP contribution in [0.3, 0.4) is 0 Å². The van der Waals surface area contributed by atoms with Gasteiger partial charge in [0.2, 0.25) is 23.6 Å². The number of para-hydroxylation sites is 6. The third-order valence-corrected chi connectivity index (χ3v) is 14.3. The van der Waals surface area contributed by atoms with Crippen molar-refractivity contribution < 1.29 is 19.2 Å². The van der Waals surface area contributed by atoms with Crippen LogP contribution in [0.15, 0.2) is 121 Å². The zero-order chi connectivity index (χ0) is 40.8. The summed E-state index contributed by atoms with van der Waals surface area (Å²) in [5.41, 5.74) is 2.73. The van der Waals surface area contributed by atoms with Crippen LogP contribution in [0, 0.1) is 21.7 Å². The minimum atomic E-state index is -0.894. The highest BCUT2D eigenvalue weighted by atomic mass is 16.2. The fraction of sp³-hybridized carbons (Fsp3) is 0.240. The minimum Gasteiger partial charge on any atom is -0.307 e. The first-order valence-corrected chi connectivity index (χ1v) is 19.9. The molecule has 4 amide bonds. The number of carbonyl (C=O) groups is 4. The zero-order valence-corrected chi connectivity index (χ0v) is 34.0. The fourth-order valence-corrected chi connectivity index (χ4v) is 9.35. The summed E-state index contributed by atoms with van der Waals surface area (Å²) in [5.74, 6) is -0.887. The number of fused-ring (bicyclic) bond motifs is 9. The molecule has 0 radical (unpaired) electrons. The average molecular weight is 765 g/mol. The SMILES string of the molecule is CC1(C)C(=O)N(c2ccccc2-n2c3ccccc3c3c4c(ccc32)ccc2c4c3ccccc3n2-c2ccccc2N2C(=O)C(C)(C)C(C)(C)C2=O)C(=O)C1(C)C. The molecule has 2 fully saturated rings. The van der Waals surface area contributed by atoms with E-state index >= 15 is 0 Å². The van der Waals surface area contributed by atoms with Gasteiger partial charge in [-0.2, -0.15) is 0 Å². The number of rotatable bonds is 4. The topological polar surface area (TPSA) is 84.6 Å². The zero-order valence-electron chi connectivity index (χ0n) is 34.0. The van der Waals surface area contributed by atoms with E-state index < -0.39 is 21.7 Å². The van der Waals surface area contributed by atoms with E-state index in [0.29, 0.717) is 11.4 Å². The quantitative estimate of drug-likeness (QED) is 0.167. The molecule has 8 nitrogen and oxygen atoms in total. The summed E-state index contributed by atoms with van der Waals surface area (Å²) >= 11 is 0. The van der Waals surface area contributed by atoms with Crippen LogP contribution in [-0.4, -0.2) is 32.8 Å². The van der Waals surface area contributed by atoms with Crippen LogP contribution in [-0.2, 0) is 19.2 Å². The number of imide groups is 2. The van der Waals surface area contributed by atoms with Gasteiger partial charge in [0.15, 0.2) is 0 Å². The largest absolute Gasteiger partial charge is 0.307 e. The Kier molecular flexibility index (Phi) is 7.13. The van der Waals surface area contributed by atoms with E-state index in [-0.39, 0.29) is 23.6 Å². The Hall–Kier alpha value is -6.54. The lowest BCUT2D eigenvalue weighted by molar-refractivity contribution is -0.129. The highest BCUT2D eigenvalue weighted by molar-refractivity contribution is 6.34. The van der Waals surface area contributed by atoms with Gasteiger partial charge in [-0.05, 0) is 109 Å². The molecule has 2 aliphatic rings. The number of anilines is 2. The van der Waals surface area contributed by atoms with Crippen molar-refractivity contribution in [1.82, 2.24) is 9.13 Å². The van der Waals surface area contributed by atoms with Crippen molar-refractivity contribution >= 4 is 89.4 Å². The summed E-state index contributed by atoms with van der Waals surface area (Å²) in [6.45, 7) is 14.8. The number of aromatic nitrogens is 2. The first-order chi connectivity index (χ1) is 27.5. The second kappa shape index (κ2) is 11.5. The molecule has 2 saturated heterocycles. The van der Waals surface area contributed by atoms with Crippen molar-refractivity contribution in [3.8, 4) is 11.4 Å². The maximum absolute atomic E-state index is 14.1. The van der Waals surface area contributed by atoms with E-state index in [9.17, 15) is 19.2 Å². The molecule has 0 aliphatic carbocycles. The van der Waals surface area contributed by atoms with Gasteiger partial charge in [0.05, 0.1) is 66.5 Å². The highest BCUT2D eigenvalue weighted by Gasteiger charge is 2.61. The lowest BCUT2D eigenvalue weighted by Gasteiger charge is -2.28.